The van der Waals surface area contributed by atoms with E-state index in [1.165, 1.54) is 5.56 Å². The molecule has 1 aromatic rings. The number of aryl methyl sites for hydroxylation is 1. The standard InChI is InChI=1S/C16H23NO3/c1-13-10-17(11-15(12-18)20-13)16(19)9-5-8-14-6-3-2-4-7-14/h2-4,6-7,13,15,18H,5,8-12H2,1H3. The average molecular weight is 277 g/mol. The number of rotatable bonds is 5. The van der Waals surface area contributed by atoms with Crippen LogP contribution in [0.4, 0.5) is 0 Å². The first kappa shape index (κ1) is 15.0. The van der Waals surface area contributed by atoms with Crippen LogP contribution in [-0.2, 0) is 16.0 Å². The number of hydrogen-bond donors (Lipinski definition) is 1. The van der Waals surface area contributed by atoms with Crippen molar-refractivity contribution in [1.82, 2.24) is 4.90 Å². The van der Waals surface area contributed by atoms with Crippen molar-refractivity contribution < 1.29 is 14.6 Å². The molecule has 1 aliphatic rings. The zero-order valence-electron chi connectivity index (χ0n) is 12.0. The Morgan fingerprint density at radius 1 is 1.35 bits per heavy atom. The lowest BCUT2D eigenvalue weighted by molar-refractivity contribution is -0.147. The number of ether oxygens (including phenoxy) is 1. The third-order valence-corrected chi connectivity index (χ3v) is 3.58. The zero-order valence-corrected chi connectivity index (χ0v) is 12.0. The Morgan fingerprint density at radius 2 is 2.10 bits per heavy atom. The molecule has 1 saturated heterocycles. The molecule has 1 aromatic carbocycles. The maximum absolute atomic E-state index is 12.2. The van der Waals surface area contributed by atoms with Crippen LogP contribution in [0.15, 0.2) is 30.3 Å². The highest BCUT2D eigenvalue weighted by atomic mass is 16.5. The van der Waals surface area contributed by atoms with E-state index in [9.17, 15) is 9.90 Å². The maximum Gasteiger partial charge on any atom is 0.222 e. The number of carbonyl (C=O) groups excluding carboxylic acids is 1. The van der Waals surface area contributed by atoms with Crippen LogP contribution in [0.3, 0.4) is 0 Å². The van der Waals surface area contributed by atoms with Gasteiger partial charge in [-0.2, -0.15) is 0 Å². The molecule has 2 rings (SSSR count). The van der Waals surface area contributed by atoms with E-state index in [4.69, 9.17) is 4.74 Å². The van der Waals surface area contributed by atoms with Crippen LogP contribution in [0, 0.1) is 0 Å². The van der Waals surface area contributed by atoms with Gasteiger partial charge in [0.2, 0.25) is 5.91 Å². The van der Waals surface area contributed by atoms with Gasteiger partial charge in [0, 0.05) is 19.5 Å². The third-order valence-electron chi connectivity index (χ3n) is 3.58. The van der Waals surface area contributed by atoms with Crippen molar-refractivity contribution in [1.29, 1.82) is 0 Å². The number of carbonyl (C=O) groups is 1. The van der Waals surface area contributed by atoms with E-state index in [1.807, 2.05) is 30.0 Å². The van der Waals surface area contributed by atoms with Gasteiger partial charge in [-0.3, -0.25) is 4.79 Å². The Balaban J connectivity index is 1.76. The summed E-state index contributed by atoms with van der Waals surface area (Å²) in [6.45, 7) is 3.04. The van der Waals surface area contributed by atoms with E-state index >= 15 is 0 Å². The van der Waals surface area contributed by atoms with Crippen molar-refractivity contribution in [3.63, 3.8) is 0 Å². The molecule has 2 atom stereocenters. The highest BCUT2D eigenvalue weighted by Crippen LogP contribution is 2.13. The number of hydrogen-bond acceptors (Lipinski definition) is 3. The van der Waals surface area contributed by atoms with Crippen LogP contribution >= 0.6 is 0 Å². The van der Waals surface area contributed by atoms with Gasteiger partial charge in [0.05, 0.1) is 18.8 Å². The molecule has 0 radical (unpaired) electrons. The van der Waals surface area contributed by atoms with Gasteiger partial charge in [0.1, 0.15) is 0 Å². The molecule has 1 aliphatic heterocycles. The summed E-state index contributed by atoms with van der Waals surface area (Å²) in [4.78, 5) is 14.0. The molecule has 4 heteroatoms. The monoisotopic (exact) mass is 277 g/mol. The van der Waals surface area contributed by atoms with Crippen molar-refractivity contribution in [3.8, 4) is 0 Å². The first-order chi connectivity index (χ1) is 9.69. The van der Waals surface area contributed by atoms with Crippen LogP contribution in [0.5, 0.6) is 0 Å². The second-order valence-electron chi connectivity index (χ2n) is 5.39. The van der Waals surface area contributed by atoms with E-state index in [-0.39, 0.29) is 24.7 Å². The molecule has 0 aromatic heterocycles. The minimum absolute atomic E-state index is 0.000951. The molecule has 110 valence electrons. The molecule has 1 fully saturated rings. The summed E-state index contributed by atoms with van der Waals surface area (Å²) >= 11 is 0. The summed E-state index contributed by atoms with van der Waals surface area (Å²) in [6, 6.07) is 10.2. The molecule has 0 spiro atoms. The Hall–Kier alpha value is -1.39. The van der Waals surface area contributed by atoms with Gasteiger partial charge in [-0.25, -0.2) is 0 Å². The summed E-state index contributed by atoms with van der Waals surface area (Å²) in [5.41, 5.74) is 1.27. The predicted molar refractivity (Wildman–Crippen MR) is 77.4 cm³/mol. The number of nitrogens with zero attached hydrogens (tertiary/aromatic N) is 1. The number of aliphatic hydroxyl groups excluding tert-OH is 1. The highest BCUT2D eigenvalue weighted by Gasteiger charge is 2.27. The van der Waals surface area contributed by atoms with Crippen LogP contribution in [0.1, 0.15) is 25.3 Å². The van der Waals surface area contributed by atoms with E-state index in [0.29, 0.717) is 19.5 Å². The second kappa shape index (κ2) is 7.41. The van der Waals surface area contributed by atoms with E-state index < -0.39 is 0 Å². The van der Waals surface area contributed by atoms with Crippen molar-refractivity contribution in [2.75, 3.05) is 19.7 Å². The predicted octanol–water partition coefficient (Wildman–Crippen LogP) is 1.62. The van der Waals surface area contributed by atoms with E-state index in [0.717, 1.165) is 12.8 Å². The van der Waals surface area contributed by atoms with E-state index in [2.05, 4.69) is 12.1 Å². The van der Waals surface area contributed by atoms with Crippen LogP contribution < -0.4 is 0 Å². The molecule has 2 unspecified atom stereocenters. The van der Waals surface area contributed by atoms with Crippen LogP contribution in [0.2, 0.25) is 0 Å². The lowest BCUT2D eigenvalue weighted by atomic mass is 10.1. The molecular formula is C16H23NO3. The molecule has 1 amide bonds. The summed E-state index contributed by atoms with van der Waals surface area (Å²) in [5.74, 6) is 0.162. The Morgan fingerprint density at radius 3 is 2.80 bits per heavy atom. The van der Waals surface area contributed by atoms with Crippen molar-refractivity contribution >= 4 is 5.91 Å². The minimum Gasteiger partial charge on any atom is -0.394 e. The largest absolute Gasteiger partial charge is 0.394 e. The number of benzene rings is 1. The van der Waals surface area contributed by atoms with Crippen LogP contribution in [0.25, 0.3) is 0 Å². The maximum atomic E-state index is 12.2. The van der Waals surface area contributed by atoms with Gasteiger partial charge >= 0.3 is 0 Å². The van der Waals surface area contributed by atoms with E-state index in [1.54, 1.807) is 0 Å². The lowest BCUT2D eigenvalue weighted by Gasteiger charge is -2.36. The first-order valence-corrected chi connectivity index (χ1v) is 7.27. The minimum atomic E-state index is -0.239. The summed E-state index contributed by atoms with van der Waals surface area (Å²) < 4.78 is 5.55. The topological polar surface area (TPSA) is 49.8 Å². The first-order valence-electron chi connectivity index (χ1n) is 7.27. The lowest BCUT2D eigenvalue weighted by Crippen LogP contribution is -2.50. The quantitative estimate of drug-likeness (QED) is 0.889. The summed E-state index contributed by atoms with van der Waals surface area (Å²) in [7, 11) is 0. The fourth-order valence-corrected chi connectivity index (χ4v) is 2.60. The Labute approximate surface area is 120 Å². The van der Waals surface area contributed by atoms with Gasteiger partial charge in [-0.1, -0.05) is 30.3 Å². The van der Waals surface area contributed by atoms with Crippen LogP contribution in [-0.4, -0.2) is 47.8 Å². The molecule has 0 bridgehead atoms. The fraction of sp³-hybridized carbons (Fsp3) is 0.562. The number of morpholine rings is 1. The van der Waals surface area contributed by atoms with Gasteiger partial charge in [-0.05, 0) is 25.3 Å². The third kappa shape index (κ3) is 4.32. The average Bonchev–Trinajstić information content (AvgIpc) is 2.47. The van der Waals surface area contributed by atoms with Gasteiger partial charge < -0.3 is 14.7 Å². The van der Waals surface area contributed by atoms with Gasteiger partial charge in [-0.15, -0.1) is 0 Å². The second-order valence-corrected chi connectivity index (χ2v) is 5.39. The molecule has 20 heavy (non-hydrogen) atoms. The molecule has 1 N–H and O–H groups in total. The van der Waals surface area contributed by atoms with Crippen molar-refractivity contribution in [2.24, 2.45) is 0 Å². The number of aliphatic hydroxyl groups is 1. The van der Waals surface area contributed by atoms with Crippen molar-refractivity contribution in [3.05, 3.63) is 35.9 Å². The van der Waals surface area contributed by atoms with Crippen molar-refractivity contribution in [2.45, 2.75) is 38.4 Å². The molecule has 4 nitrogen and oxygen atoms in total. The zero-order chi connectivity index (χ0) is 14.4. The molecular weight excluding hydrogens is 254 g/mol. The number of amides is 1. The fourth-order valence-electron chi connectivity index (χ4n) is 2.60. The normalized spacial score (nSPS) is 22.8. The van der Waals surface area contributed by atoms with Gasteiger partial charge in [0.15, 0.2) is 0 Å². The molecule has 0 aliphatic carbocycles. The highest BCUT2D eigenvalue weighted by molar-refractivity contribution is 5.76. The SMILES string of the molecule is CC1CN(C(=O)CCCc2ccccc2)CC(CO)O1. The Bertz CT molecular complexity index is 421. The smallest absolute Gasteiger partial charge is 0.222 e. The molecule has 1 heterocycles. The van der Waals surface area contributed by atoms with Gasteiger partial charge in [0.25, 0.3) is 0 Å². The summed E-state index contributed by atoms with van der Waals surface area (Å²) in [5, 5.41) is 9.17. The molecule has 0 saturated carbocycles. The summed E-state index contributed by atoms with van der Waals surface area (Å²) in [6.07, 6.45) is 2.10. The Kier molecular flexibility index (Phi) is 5.56.